The predicted octanol–water partition coefficient (Wildman–Crippen LogP) is 5.48. The summed E-state index contributed by atoms with van der Waals surface area (Å²) in [5.41, 5.74) is 0.725. The van der Waals surface area contributed by atoms with Crippen LogP contribution in [0.2, 0.25) is 0 Å². The average molecular weight is 522 g/mol. The van der Waals surface area contributed by atoms with Crippen LogP contribution >= 0.6 is 11.8 Å². The first-order chi connectivity index (χ1) is 16.6. The molecule has 0 saturated carbocycles. The molecule has 3 amide bonds. The predicted molar refractivity (Wildman–Crippen MR) is 149 cm³/mol. The molecule has 3 unspecified atom stereocenters. The number of thioether (sulfide) groups is 1. The minimum Gasteiger partial charge on any atom is -0.444 e. The van der Waals surface area contributed by atoms with Gasteiger partial charge in [-0.2, -0.15) is 11.8 Å². The minimum atomic E-state index is -0.838. The van der Waals surface area contributed by atoms with Crippen molar-refractivity contribution < 1.29 is 19.1 Å². The van der Waals surface area contributed by atoms with E-state index in [1.165, 1.54) is 0 Å². The molecule has 36 heavy (non-hydrogen) atoms. The third-order valence-corrected chi connectivity index (χ3v) is 6.29. The molecule has 1 aromatic carbocycles. The van der Waals surface area contributed by atoms with Gasteiger partial charge in [0.05, 0.1) is 0 Å². The van der Waals surface area contributed by atoms with Crippen LogP contribution in [0.15, 0.2) is 24.3 Å². The maximum Gasteiger partial charge on any atom is 0.408 e. The van der Waals surface area contributed by atoms with Crippen molar-refractivity contribution >= 4 is 29.7 Å². The minimum absolute atomic E-state index is 0.240. The van der Waals surface area contributed by atoms with Crippen LogP contribution in [0, 0.1) is 0 Å². The molecular formula is C28H47N3O4S. The van der Waals surface area contributed by atoms with Gasteiger partial charge in [0.2, 0.25) is 11.8 Å². The van der Waals surface area contributed by atoms with Crippen molar-refractivity contribution in [2.45, 2.75) is 111 Å². The highest BCUT2D eigenvalue weighted by atomic mass is 32.2. The quantitative estimate of drug-likeness (QED) is 0.403. The maximum absolute atomic E-state index is 14.1. The Balaban J connectivity index is 3.54. The van der Waals surface area contributed by atoms with Crippen LogP contribution in [-0.2, 0) is 20.7 Å². The molecule has 8 heteroatoms. The molecule has 2 N–H and O–H groups in total. The molecular weight excluding hydrogens is 474 g/mol. The molecule has 204 valence electrons. The van der Waals surface area contributed by atoms with E-state index in [0.717, 1.165) is 17.5 Å². The van der Waals surface area contributed by atoms with E-state index in [-0.39, 0.29) is 17.9 Å². The molecule has 1 aromatic rings. The first-order valence-corrected chi connectivity index (χ1v) is 14.2. The van der Waals surface area contributed by atoms with Crippen LogP contribution in [0.3, 0.4) is 0 Å². The lowest BCUT2D eigenvalue weighted by Crippen LogP contribution is -2.57. The first-order valence-electron chi connectivity index (χ1n) is 12.8. The number of aryl methyl sites for hydroxylation is 1. The molecule has 0 aromatic heterocycles. The topological polar surface area (TPSA) is 87.7 Å². The van der Waals surface area contributed by atoms with Crippen molar-refractivity contribution in [1.29, 1.82) is 0 Å². The number of carbonyl (C=O) groups is 3. The molecule has 0 aliphatic carbocycles. The fraction of sp³-hybridized carbons (Fsp3) is 0.679. The lowest BCUT2D eigenvalue weighted by molar-refractivity contribution is -0.145. The van der Waals surface area contributed by atoms with E-state index >= 15 is 0 Å². The van der Waals surface area contributed by atoms with Crippen LogP contribution in [0.4, 0.5) is 4.79 Å². The zero-order chi connectivity index (χ0) is 27.7. The summed E-state index contributed by atoms with van der Waals surface area (Å²) in [7, 11) is 0. The maximum atomic E-state index is 14.1. The summed E-state index contributed by atoms with van der Waals surface area (Å²) in [6.07, 6.45) is 3.27. The molecule has 0 radical (unpaired) electrons. The van der Waals surface area contributed by atoms with Crippen LogP contribution in [-0.4, -0.2) is 58.0 Å². The lowest BCUT2D eigenvalue weighted by atomic mass is 9.97. The van der Waals surface area contributed by atoms with Gasteiger partial charge >= 0.3 is 6.09 Å². The molecule has 0 aliphatic rings. The summed E-state index contributed by atoms with van der Waals surface area (Å²) < 4.78 is 5.44. The number of rotatable bonds is 11. The Morgan fingerprint density at radius 3 is 2.06 bits per heavy atom. The van der Waals surface area contributed by atoms with Crippen molar-refractivity contribution in [2.75, 3.05) is 12.0 Å². The highest BCUT2D eigenvalue weighted by molar-refractivity contribution is 7.98. The van der Waals surface area contributed by atoms with Crippen molar-refractivity contribution in [3.63, 3.8) is 0 Å². The van der Waals surface area contributed by atoms with Gasteiger partial charge in [-0.1, -0.05) is 38.1 Å². The zero-order valence-corrected chi connectivity index (χ0v) is 24.7. The fourth-order valence-corrected chi connectivity index (χ4v) is 4.20. The third kappa shape index (κ3) is 10.4. The van der Waals surface area contributed by atoms with Crippen LogP contribution < -0.4 is 10.6 Å². The van der Waals surface area contributed by atoms with Gasteiger partial charge in [-0.15, -0.1) is 0 Å². The number of carbonyl (C=O) groups excluding carboxylic acids is 3. The third-order valence-electron chi connectivity index (χ3n) is 5.65. The summed E-state index contributed by atoms with van der Waals surface area (Å²) in [5.74, 6) is 0.129. The highest BCUT2D eigenvalue weighted by Crippen LogP contribution is 2.28. The van der Waals surface area contributed by atoms with Crippen molar-refractivity contribution in [3.05, 3.63) is 35.4 Å². The Morgan fingerprint density at radius 2 is 1.61 bits per heavy atom. The Hall–Kier alpha value is -2.22. The second-order valence-electron chi connectivity index (χ2n) is 11.2. The number of ether oxygens (including phenoxy) is 1. The number of hydrogen-bond donors (Lipinski definition) is 2. The molecule has 3 atom stereocenters. The van der Waals surface area contributed by atoms with Gasteiger partial charge in [0, 0.05) is 11.6 Å². The van der Waals surface area contributed by atoms with E-state index in [4.69, 9.17) is 4.74 Å². The van der Waals surface area contributed by atoms with Crippen LogP contribution in [0.1, 0.15) is 92.3 Å². The van der Waals surface area contributed by atoms with Gasteiger partial charge in [-0.3, -0.25) is 9.59 Å². The summed E-state index contributed by atoms with van der Waals surface area (Å²) in [4.78, 5) is 42.1. The normalized spacial score (nSPS) is 14.4. The number of alkyl carbamates (subject to hydrolysis) is 1. The smallest absolute Gasteiger partial charge is 0.408 e. The molecule has 7 nitrogen and oxygen atoms in total. The van der Waals surface area contributed by atoms with E-state index in [2.05, 4.69) is 17.6 Å². The Morgan fingerprint density at radius 1 is 1.03 bits per heavy atom. The Bertz CT molecular complexity index is 859. The molecule has 0 fully saturated rings. The number of benzene rings is 1. The average Bonchev–Trinajstić information content (AvgIpc) is 2.76. The van der Waals surface area contributed by atoms with E-state index in [0.29, 0.717) is 18.6 Å². The highest BCUT2D eigenvalue weighted by Gasteiger charge is 2.39. The standard InChI is InChI=1S/C28H47N3O4S/c1-11-19(3)31(25(33)22(17-18-36-10)29-26(34)35-28(7,8)9)23(24(32)30-27(4,5)6)21-15-13-20(12-2)14-16-21/h13-16,19,22-23H,11-12,17-18H2,1-10H3,(H,29,34)(H,30,32). The van der Waals surface area contributed by atoms with Crippen molar-refractivity contribution in [3.8, 4) is 0 Å². The van der Waals surface area contributed by atoms with E-state index < -0.39 is 29.3 Å². The zero-order valence-electron chi connectivity index (χ0n) is 23.9. The monoisotopic (exact) mass is 521 g/mol. The second-order valence-corrected chi connectivity index (χ2v) is 12.2. The van der Waals surface area contributed by atoms with Gasteiger partial charge in [0.15, 0.2) is 0 Å². The number of nitrogens with zero attached hydrogens (tertiary/aromatic N) is 1. The van der Waals surface area contributed by atoms with Crippen molar-refractivity contribution in [1.82, 2.24) is 15.5 Å². The summed E-state index contributed by atoms with van der Waals surface area (Å²) in [6, 6.07) is 5.94. The largest absolute Gasteiger partial charge is 0.444 e. The first kappa shape index (κ1) is 31.8. The van der Waals surface area contributed by atoms with Gasteiger partial charge < -0.3 is 20.3 Å². The lowest BCUT2D eigenvalue weighted by Gasteiger charge is -2.39. The molecule has 0 heterocycles. The van der Waals surface area contributed by atoms with Gasteiger partial charge in [0.1, 0.15) is 17.7 Å². The van der Waals surface area contributed by atoms with Gasteiger partial charge in [-0.25, -0.2) is 4.79 Å². The van der Waals surface area contributed by atoms with Gasteiger partial charge in [0.25, 0.3) is 0 Å². The number of amides is 3. The molecule has 0 spiro atoms. The number of nitrogens with one attached hydrogen (secondary N) is 2. The van der Waals surface area contributed by atoms with E-state index in [1.807, 2.05) is 65.1 Å². The molecule has 0 saturated heterocycles. The van der Waals surface area contributed by atoms with Crippen molar-refractivity contribution in [2.24, 2.45) is 0 Å². The fourth-order valence-electron chi connectivity index (χ4n) is 3.73. The molecule has 1 rings (SSSR count). The van der Waals surface area contributed by atoms with E-state index in [1.54, 1.807) is 37.4 Å². The summed E-state index contributed by atoms with van der Waals surface area (Å²) in [5, 5.41) is 5.85. The van der Waals surface area contributed by atoms with E-state index in [9.17, 15) is 14.4 Å². The Kier molecular flexibility index (Phi) is 12.3. The second kappa shape index (κ2) is 13.9. The van der Waals surface area contributed by atoms with Crippen LogP contribution in [0.25, 0.3) is 0 Å². The van der Waals surface area contributed by atoms with Gasteiger partial charge in [-0.05, 0) is 90.9 Å². The SMILES string of the molecule is CCc1ccc(C(C(=O)NC(C)(C)C)N(C(=O)C(CCSC)NC(=O)OC(C)(C)C)C(C)CC)cc1. The molecule has 0 bridgehead atoms. The summed E-state index contributed by atoms with van der Waals surface area (Å²) in [6.45, 7) is 17.1. The number of hydrogen-bond acceptors (Lipinski definition) is 5. The summed E-state index contributed by atoms with van der Waals surface area (Å²) >= 11 is 1.59. The molecule has 0 aliphatic heterocycles. The Labute approximate surface area is 222 Å². The van der Waals surface area contributed by atoms with Crippen LogP contribution in [0.5, 0.6) is 0 Å².